The van der Waals surface area contributed by atoms with Gasteiger partial charge in [0.2, 0.25) is 0 Å². The predicted molar refractivity (Wildman–Crippen MR) is 136 cm³/mol. The van der Waals surface area contributed by atoms with Gasteiger partial charge in [0.15, 0.2) is 5.43 Å². The maximum atomic E-state index is 13.1. The van der Waals surface area contributed by atoms with Gasteiger partial charge in [0.1, 0.15) is 6.04 Å². The van der Waals surface area contributed by atoms with Gasteiger partial charge in [0.25, 0.3) is 5.91 Å². The van der Waals surface area contributed by atoms with E-state index in [0.717, 1.165) is 16.7 Å². The molecule has 0 aliphatic carbocycles. The average molecular weight is 471 g/mol. The Labute approximate surface area is 216 Å². The standard InChI is InChI=1S/C26H26N2O4S.Li.H/c1-17-5-3-4-6-20(17)22-15-18(7-9-19-16-27-13-11-24(19)29)8-10-21(22)25(30)28-23(26(31)32)12-14-33-2;;/h3-11,13,15-16,23H,12,14H2,1-2H3,(H,27,29)(H,28,30)(H,31,32);;/q;+1;-1/t23-;;/m0../s1. The number of aromatic amines is 1. The Bertz CT molecular complexity index is 1250. The molecule has 1 heterocycles. The third-order valence-corrected chi connectivity index (χ3v) is 5.89. The van der Waals surface area contributed by atoms with Gasteiger partial charge in [-0.2, -0.15) is 11.8 Å². The third-order valence-electron chi connectivity index (χ3n) is 5.25. The van der Waals surface area contributed by atoms with E-state index in [4.69, 9.17) is 0 Å². The van der Waals surface area contributed by atoms with Crippen molar-refractivity contribution in [3.05, 3.63) is 93.4 Å². The van der Waals surface area contributed by atoms with E-state index in [1.807, 2.05) is 49.6 Å². The van der Waals surface area contributed by atoms with Gasteiger partial charge in [-0.3, -0.25) is 9.59 Å². The van der Waals surface area contributed by atoms with Crippen molar-refractivity contribution in [2.45, 2.75) is 19.4 Å². The number of carboxylic acid groups (broad SMARTS) is 1. The van der Waals surface area contributed by atoms with Crippen molar-refractivity contribution >= 4 is 35.8 Å². The average Bonchev–Trinajstić information content (AvgIpc) is 2.81. The molecule has 0 aliphatic rings. The molecule has 1 amide bonds. The molecule has 34 heavy (non-hydrogen) atoms. The second-order valence-electron chi connectivity index (χ2n) is 7.56. The summed E-state index contributed by atoms with van der Waals surface area (Å²) in [5, 5.41) is 12.2. The van der Waals surface area contributed by atoms with Crippen LogP contribution in [0.3, 0.4) is 0 Å². The van der Waals surface area contributed by atoms with Crippen LogP contribution < -0.4 is 29.6 Å². The summed E-state index contributed by atoms with van der Waals surface area (Å²) in [7, 11) is 0. The van der Waals surface area contributed by atoms with E-state index >= 15 is 0 Å². The van der Waals surface area contributed by atoms with Gasteiger partial charge in [-0.05, 0) is 65.8 Å². The SMILES string of the molecule is CSCC[C@H](NC(=O)c1ccc(C=Cc2c[nH]ccc2=O)cc1-c1ccccc1C)C(=O)O.[H-].[Li+]. The minimum absolute atomic E-state index is 0. The van der Waals surface area contributed by atoms with Crippen LogP contribution in [0.25, 0.3) is 23.3 Å². The maximum absolute atomic E-state index is 13.1. The van der Waals surface area contributed by atoms with Crippen molar-refractivity contribution in [1.29, 1.82) is 0 Å². The number of hydrogen-bond acceptors (Lipinski definition) is 4. The Balaban J connectivity index is 0.00000306. The van der Waals surface area contributed by atoms with Crippen LogP contribution in [-0.4, -0.2) is 40.0 Å². The van der Waals surface area contributed by atoms with Crippen molar-refractivity contribution in [2.75, 3.05) is 12.0 Å². The van der Waals surface area contributed by atoms with Crippen LogP contribution in [0, 0.1) is 6.92 Å². The Hall–Kier alpha value is -2.98. The smallest absolute Gasteiger partial charge is 1.00 e. The second kappa shape index (κ2) is 13.0. The van der Waals surface area contributed by atoms with Crippen LogP contribution >= 0.6 is 11.8 Å². The molecule has 172 valence electrons. The number of H-pyrrole nitrogens is 1. The van der Waals surface area contributed by atoms with Crippen molar-refractivity contribution in [1.82, 2.24) is 10.3 Å². The first-order valence-corrected chi connectivity index (χ1v) is 11.9. The number of nitrogens with one attached hydrogen (secondary N) is 2. The van der Waals surface area contributed by atoms with Crippen LogP contribution in [0.5, 0.6) is 0 Å². The van der Waals surface area contributed by atoms with E-state index in [1.165, 1.54) is 17.8 Å². The number of thioether (sulfide) groups is 1. The zero-order chi connectivity index (χ0) is 23.8. The molecule has 1 aromatic heterocycles. The molecule has 0 aliphatic heterocycles. The first-order valence-electron chi connectivity index (χ1n) is 10.5. The van der Waals surface area contributed by atoms with Gasteiger partial charge >= 0.3 is 24.8 Å². The van der Waals surface area contributed by atoms with Crippen LogP contribution in [-0.2, 0) is 4.79 Å². The number of benzene rings is 2. The van der Waals surface area contributed by atoms with Crippen LogP contribution in [0.15, 0.2) is 65.7 Å². The maximum Gasteiger partial charge on any atom is 1.00 e. The normalized spacial score (nSPS) is 11.6. The summed E-state index contributed by atoms with van der Waals surface area (Å²) in [4.78, 5) is 39.6. The number of amides is 1. The number of carboxylic acids is 1. The summed E-state index contributed by atoms with van der Waals surface area (Å²) in [5.41, 5.74) is 4.21. The fourth-order valence-electron chi connectivity index (χ4n) is 3.44. The number of aryl methyl sites for hydroxylation is 1. The van der Waals surface area contributed by atoms with E-state index < -0.39 is 17.9 Å². The summed E-state index contributed by atoms with van der Waals surface area (Å²) >= 11 is 1.53. The Morgan fingerprint density at radius 3 is 2.59 bits per heavy atom. The molecular formula is C26H27LiN2O4S. The summed E-state index contributed by atoms with van der Waals surface area (Å²) < 4.78 is 0. The molecule has 3 rings (SSSR count). The number of hydrogen-bond donors (Lipinski definition) is 3. The Kier molecular flexibility index (Phi) is 10.5. The van der Waals surface area contributed by atoms with Crippen molar-refractivity contribution in [3.63, 3.8) is 0 Å². The molecule has 2 aromatic carbocycles. The molecule has 0 saturated heterocycles. The monoisotopic (exact) mass is 470 g/mol. The predicted octanol–water partition coefficient (Wildman–Crippen LogP) is 1.57. The van der Waals surface area contributed by atoms with Crippen LogP contribution in [0.1, 0.15) is 34.9 Å². The molecule has 1 atom stereocenters. The zero-order valence-electron chi connectivity index (χ0n) is 20.5. The fraction of sp³-hybridized carbons (Fsp3) is 0.192. The van der Waals surface area contributed by atoms with E-state index in [-0.39, 0.29) is 25.7 Å². The zero-order valence-corrected chi connectivity index (χ0v) is 20.3. The molecule has 0 fully saturated rings. The van der Waals surface area contributed by atoms with Gasteiger partial charge in [-0.15, -0.1) is 0 Å². The van der Waals surface area contributed by atoms with Crippen molar-refractivity contribution < 1.29 is 35.0 Å². The molecule has 0 radical (unpaired) electrons. The van der Waals surface area contributed by atoms with Crippen molar-refractivity contribution in [2.24, 2.45) is 0 Å². The van der Waals surface area contributed by atoms with Crippen molar-refractivity contribution in [3.8, 4) is 11.1 Å². The summed E-state index contributed by atoms with van der Waals surface area (Å²) in [6.45, 7) is 1.96. The fourth-order valence-corrected chi connectivity index (χ4v) is 3.91. The number of carbonyl (C=O) groups excluding carboxylic acids is 1. The van der Waals surface area contributed by atoms with E-state index in [1.54, 1.807) is 30.6 Å². The number of pyridine rings is 1. The first-order chi connectivity index (χ1) is 15.9. The van der Waals surface area contributed by atoms with Gasteiger partial charge in [0, 0.05) is 29.6 Å². The summed E-state index contributed by atoms with van der Waals surface area (Å²) in [6, 6.07) is 13.6. The molecular weight excluding hydrogens is 443 g/mol. The molecule has 6 nitrogen and oxygen atoms in total. The number of carbonyl (C=O) groups is 2. The topological polar surface area (TPSA) is 99.3 Å². The van der Waals surface area contributed by atoms with Gasteiger partial charge in [0.05, 0.1) is 0 Å². The first kappa shape index (κ1) is 27.3. The van der Waals surface area contributed by atoms with Crippen LogP contribution in [0.2, 0.25) is 0 Å². The second-order valence-corrected chi connectivity index (χ2v) is 8.55. The van der Waals surface area contributed by atoms with E-state index in [9.17, 15) is 19.5 Å². The molecule has 3 aromatic rings. The molecule has 0 unspecified atom stereocenters. The van der Waals surface area contributed by atoms with Crippen LogP contribution in [0.4, 0.5) is 0 Å². The summed E-state index contributed by atoms with van der Waals surface area (Å²) in [5.74, 6) is -0.858. The van der Waals surface area contributed by atoms with E-state index in [0.29, 0.717) is 28.9 Å². The number of aliphatic carboxylic acids is 1. The molecule has 0 bridgehead atoms. The van der Waals surface area contributed by atoms with Gasteiger partial charge in [-0.25, -0.2) is 4.79 Å². The molecule has 8 heteroatoms. The molecule has 0 spiro atoms. The Morgan fingerprint density at radius 1 is 1.15 bits per heavy atom. The molecule has 3 N–H and O–H groups in total. The number of aromatic nitrogens is 1. The van der Waals surface area contributed by atoms with Gasteiger partial charge in [-0.1, -0.05) is 36.4 Å². The largest absolute Gasteiger partial charge is 1.00 e. The minimum Gasteiger partial charge on any atom is -1.00 e. The third kappa shape index (κ3) is 7.01. The van der Waals surface area contributed by atoms with E-state index in [2.05, 4.69) is 10.3 Å². The summed E-state index contributed by atoms with van der Waals surface area (Å²) in [6.07, 6.45) is 8.97. The minimum atomic E-state index is -1.05. The number of rotatable bonds is 9. The van der Waals surface area contributed by atoms with Gasteiger partial charge < -0.3 is 16.8 Å². The Morgan fingerprint density at radius 2 is 1.91 bits per heavy atom. The molecule has 0 saturated carbocycles. The quantitative estimate of drug-likeness (QED) is 0.413.